The van der Waals surface area contributed by atoms with Crippen LogP contribution >= 0.6 is 11.3 Å². The molecule has 0 fully saturated rings. The Hall–Kier alpha value is -4.70. The molecule has 1 aliphatic rings. The first-order valence-electron chi connectivity index (χ1n) is 11.1. The summed E-state index contributed by atoms with van der Waals surface area (Å²) in [5.41, 5.74) is 4.29. The van der Waals surface area contributed by atoms with Gasteiger partial charge in [-0.1, -0.05) is 35.9 Å². The second-order valence-electron chi connectivity index (χ2n) is 8.35. The molecule has 1 N–H and O–H groups in total. The molecule has 3 amide bonds. The number of hydrogen-bond acceptors (Lipinski definition) is 7. The fourth-order valence-electron chi connectivity index (χ4n) is 4.06. The van der Waals surface area contributed by atoms with E-state index in [0.717, 1.165) is 21.7 Å². The highest BCUT2D eigenvalue weighted by Gasteiger charge is 2.36. The van der Waals surface area contributed by atoms with E-state index in [1.165, 1.54) is 29.5 Å². The van der Waals surface area contributed by atoms with Gasteiger partial charge in [0.2, 0.25) is 4.96 Å². The first-order valence-corrected chi connectivity index (χ1v) is 12.0. The number of benzene rings is 2. The molecular formula is C26H18N6O3S. The first kappa shape index (κ1) is 21.8. The number of thiazole rings is 1. The molecule has 0 radical (unpaired) electrons. The molecule has 0 unspecified atom stereocenters. The number of imide groups is 1. The molecule has 36 heavy (non-hydrogen) atoms. The molecule has 0 aliphatic carbocycles. The van der Waals surface area contributed by atoms with Gasteiger partial charge in [0.15, 0.2) is 0 Å². The molecule has 0 saturated heterocycles. The molecule has 6 rings (SSSR count). The van der Waals surface area contributed by atoms with Gasteiger partial charge in [-0.15, -0.1) is 16.4 Å². The normalized spacial score (nSPS) is 12.9. The number of nitrogens with one attached hydrogen (secondary N) is 1. The Morgan fingerprint density at radius 2 is 1.81 bits per heavy atom. The lowest BCUT2D eigenvalue weighted by molar-refractivity contribution is 0.0640. The van der Waals surface area contributed by atoms with Gasteiger partial charge >= 0.3 is 0 Å². The SMILES string of the molecule is Cc1ccc(-c2csc3nc(NC(=O)c4ccc5c(c4)C(=O)N(Cc4ccccn4)C5=O)nn23)cc1. The highest BCUT2D eigenvalue weighted by atomic mass is 32.1. The van der Waals surface area contributed by atoms with Crippen LogP contribution in [0.4, 0.5) is 5.95 Å². The molecule has 0 spiro atoms. The van der Waals surface area contributed by atoms with Crippen molar-refractivity contribution in [2.45, 2.75) is 13.5 Å². The number of hydrogen-bond donors (Lipinski definition) is 1. The van der Waals surface area contributed by atoms with Crippen LogP contribution in [-0.4, -0.2) is 42.2 Å². The predicted octanol–water partition coefficient (Wildman–Crippen LogP) is 4.21. The summed E-state index contributed by atoms with van der Waals surface area (Å²) in [4.78, 5) is 49.0. The Kier molecular flexibility index (Phi) is 5.15. The monoisotopic (exact) mass is 494 g/mol. The van der Waals surface area contributed by atoms with Crippen LogP contribution in [0, 0.1) is 6.92 Å². The summed E-state index contributed by atoms with van der Waals surface area (Å²) in [6.07, 6.45) is 1.60. The quantitative estimate of drug-likeness (QED) is 0.367. The molecule has 9 nitrogen and oxygen atoms in total. The van der Waals surface area contributed by atoms with E-state index in [0.29, 0.717) is 10.7 Å². The number of carbonyl (C=O) groups is 3. The first-order chi connectivity index (χ1) is 17.5. The number of carbonyl (C=O) groups excluding carboxylic acids is 3. The van der Waals surface area contributed by atoms with Crippen molar-refractivity contribution >= 4 is 40.0 Å². The average molecular weight is 495 g/mol. The van der Waals surface area contributed by atoms with Crippen molar-refractivity contribution in [3.8, 4) is 11.3 Å². The number of nitrogens with zero attached hydrogens (tertiary/aromatic N) is 5. The van der Waals surface area contributed by atoms with E-state index in [-0.39, 0.29) is 29.2 Å². The van der Waals surface area contributed by atoms with Crippen molar-refractivity contribution < 1.29 is 14.4 Å². The third-order valence-electron chi connectivity index (χ3n) is 5.93. The Balaban J connectivity index is 1.23. The number of aromatic nitrogens is 4. The van der Waals surface area contributed by atoms with Crippen LogP contribution < -0.4 is 5.32 Å². The van der Waals surface area contributed by atoms with Crippen molar-refractivity contribution in [2.75, 3.05) is 5.32 Å². The summed E-state index contributed by atoms with van der Waals surface area (Å²) in [6.45, 7) is 2.09. The highest BCUT2D eigenvalue weighted by molar-refractivity contribution is 7.15. The van der Waals surface area contributed by atoms with E-state index in [2.05, 4.69) is 20.4 Å². The number of aryl methyl sites for hydroxylation is 1. The maximum absolute atomic E-state index is 12.9. The summed E-state index contributed by atoms with van der Waals surface area (Å²) in [6, 6.07) is 17.8. The van der Waals surface area contributed by atoms with Crippen molar-refractivity contribution in [3.05, 3.63) is 100 Å². The van der Waals surface area contributed by atoms with Crippen LogP contribution in [0.15, 0.2) is 72.2 Å². The molecule has 0 atom stereocenters. The standard InChI is InChI=1S/C26H18N6O3S/c1-15-5-7-16(8-6-15)21-14-36-26-29-25(30-32(21)26)28-22(33)17-9-10-19-20(12-17)24(35)31(23(19)34)13-18-4-2-3-11-27-18/h2-12,14H,13H2,1H3,(H,28,30,33). The zero-order chi connectivity index (χ0) is 24.8. The van der Waals surface area contributed by atoms with Crippen LogP contribution in [0.5, 0.6) is 0 Å². The lowest BCUT2D eigenvalue weighted by Crippen LogP contribution is -2.29. The predicted molar refractivity (Wildman–Crippen MR) is 134 cm³/mol. The van der Waals surface area contributed by atoms with Crippen LogP contribution in [-0.2, 0) is 6.54 Å². The van der Waals surface area contributed by atoms with E-state index in [1.54, 1.807) is 28.9 Å². The van der Waals surface area contributed by atoms with Gasteiger partial charge in [-0.2, -0.15) is 4.98 Å². The summed E-state index contributed by atoms with van der Waals surface area (Å²) in [5, 5.41) is 9.10. The molecule has 2 aromatic carbocycles. The van der Waals surface area contributed by atoms with Crippen molar-refractivity contribution in [3.63, 3.8) is 0 Å². The van der Waals surface area contributed by atoms with Crippen molar-refractivity contribution in [2.24, 2.45) is 0 Å². The number of pyridine rings is 1. The molecule has 0 saturated carbocycles. The van der Waals surface area contributed by atoms with Crippen molar-refractivity contribution in [1.82, 2.24) is 24.5 Å². The zero-order valence-corrected chi connectivity index (χ0v) is 19.8. The van der Waals surface area contributed by atoms with Gasteiger partial charge < -0.3 is 0 Å². The summed E-state index contributed by atoms with van der Waals surface area (Å²) >= 11 is 1.42. The van der Waals surface area contributed by atoms with Crippen LogP contribution in [0.25, 0.3) is 16.2 Å². The number of anilines is 1. The van der Waals surface area contributed by atoms with Crippen LogP contribution in [0.1, 0.15) is 42.3 Å². The Morgan fingerprint density at radius 1 is 1.00 bits per heavy atom. The second-order valence-corrected chi connectivity index (χ2v) is 9.19. The third kappa shape index (κ3) is 3.73. The Labute approximate surface area is 209 Å². The maximum Gasteiger partial charge on any atom is 0.261 e. The topological polar surface area (TPSA) is 110 Å². The highest BCUT2D eigenvalue weighted by Crippen LogP contribution is 2.28. The van der Waals surface area contributed by atoms with E-state index in [4.69, 9.17) is 0 Å². The molecule has 3 aromatic heterocycles. The molecule has 4 heterocycles. The van der Waals surface area contributed by atoms with Crippen LogP contribution in [0.3, 0.4) is 0 Å². The second kappa shape index (κ2) is 8.51. The van der Waals surface area contributed by atoms with Crippen molar-refractivity contribution in [1.29, 1.82) is 0 Å². The average Bonchev–Trinajstić information content (AvgIpc) is 3.53. The largest absolute Gasteiger partial charge is 0.289 e. The van der Waals surface area contributed by atoms with E-state index in [9.17, 15) is 14.4 Å². The van der Waals surface area contributed by atoms with E-state index in [1.807, 2.05) is 36.6 Å². The maximum atomic E-state index is 12.9. The Morgan fingerprint density at radius 3 is 2.58 bits per heavy atom. The lowest BCUT2D eigenvalue weighted by Gasteiger charge is -2.12. The smallest absolute Gasteiger partial charge is 0.261 e. The van der Waals surface area contributed by atoms with Gasteiger partial charge in [0, 0.05) is 22.7 Å². The minimum atomic E-state index is -0.476. The summed E-state index contributed by atoms with van der Waals surface area (Å²) < 4.78 is 1.69. The minimum absolute atomic E-state index is 0.0628. The summed E-state index contributed by atoms with van der Waals surface area (Å²) in [7, 11) is 0. The third-order valence-corrected chi connectivity index (χ3v) is 6.75. The van der Waals surface area contributed by atoms with Gasteiger partial charge in [0.05, 0.1) is 29.1 Å². The Bertz CT molecular complexity index is 1660. The fraction of sp³-hybridized carbons (Fsp3) is 0.0769. The van der Waals surface area contributed by atoms with Gasteiger partial charge in [-0.25, -0.2) is 4.52 Å². The molecule has 1 aliphatic heterocycles. The van der Waals surface area contributed by atoms with Gasteiger partial charge in [0.25, 0.3) is 23.7 Å². The number of fused-ring (bicyclic) bond motifs is 2. The molecule has 10 heteroatoms. The fourth-order valence-corrected chi connectivity index (χ4v) is 4.89. The minimum Gasteiger partial charge on any atom is -0.289 e. The van der Waals surface area contributed by atoms with Crippen LogP contribution in [0.2, 0.25) is 0 Å². The molecule has 0 bridgehead atoms. The number of rotatable bonds is 5. The molecular weight excluding hydrogens is 476 g/mol. The lowest BCUT2D eigenvalue weighted by atomic mass is 10.1. The van der Waals surface area contributed by atoms with E-state index < -0.39 is 17.7 Å². The molecule has 5 aromatic rings. The van der Waals surface area contributed by atoms with Gasteiger partial charge in [-0.05, 0) is 37.3 Å². The van der Waals surface area contributed by atoms with E-state index >= 15 is 0 Å². The van der Waals surface area contributed by atoms with Gasteiger partial charge in [-0.3, -0.25) is 29.6 Å². The number of amides is 3. The summed E-state index contributed by atoms with van der Waals surface area (Å²) in [5.74, 6) is -1.19. The molecule has 176 valence electrons. The van der Waals surface area contributed by atoms with Gasteiger partial charge in [0.1, 0.15) is 0 Å². The zero-order valence-electron chi connectivity index (χ0n) is 19.0.